The van der Waals surface area contributed by atoms with E-state index >= 15 is 0 Å². The lowest BCUT2D eigenvalue weighted by atomic mass is 9.84. The third kappa shape index (κ3) is 4.79. The molecule has 0 amide bonds. The zero-order valence-electron chi connectivity index (χ0n) is 19.9. The SMILES string of the molecule is CC(=O)Oc1ccc(N=C2C=C(c3ccc(OC(C)=O)c4ccccc34)C(=O)c3ccccc32)c(Cl)c1. The number of allylic oxidation sites excluding steroid dienone is 2. The number of carbonyl (C=O) groups excluding carboxylic acids is 3. The minimum atomic E-state index is -0.450. The van der Waals surface area contributed by atoms with Gasteiger partial charge in [-0.25, -0.2) is 4.99 Å². The summed E-state index contributed by atoms with van der Waals surface area (Å²) >= 11 is 6.45. The molecular weight excluding hydrogens is 490 g/mol. The minimum absolute atomic E-state index is 0.142. The van der Waals surface area contributed by atoms with Crippen molar-refractivity contribution in [3.63, 3.8) is 0 Å². The molecule has 7 heteroatoms. The monoisotopic (exact) mass is 509 g/mol. The molecule has 0 bridgehead atoms. The smallest absolute Gasteiger partial charge is 0.308 e. The number of halogens is 1. The topological polar surface area (TPSA) is 82.0 Å². The molecule has 0 saturated heterocycles. The van der Waals surface area contributed by atoms with Crippen molar-refractivity contribution in [1.29, 1.82) is 0 Å². The first-order valence-electron chi connectivity index (χ1n) is 11.4. The predicted molar refractivity (Wildman–Crippen MR) is 143 cm³/mol. The lowest BCUT2D eigenvalue weighted by Crippen LogP contribution is -2.17. The van der Waals surface area contributed by atoms with Crippen molar-refractivity contribution in [2.75, 3.05) is 0 Å². The van der Waals surface area contributed by atoms with Crippen molar-refractivity contribution in [1.82, 2.24) is 0 Å². The molecule has 0 spiro atoms. The summed E-state index contributed by atoms with van der Waals surface area (Å²) in [6, 6.07) is 22.9. The number of nitrogens with zero attached hydrogens (tertiary/aromatic N) is 1. The van der Waals surface area contributed by atoms with Crippen molar-refractivity contribution in [3.8, 4) is 11.5 Å². The molecular formula is C30H20ClNO5. The van der Waals surface area contributed by atoms with Crippen LogP contribution in [0.15, 0.2) is 89.9 Å². The van der Waals surface area contributed by atoms with E-state index in [9.17, 15) is 14.4 Å². The Hall–Kier alpha value is -4.55. The van der Waals surface area contributed by atoms with Crippen LogP contribution in [-0.4, -0.2) is 23.4 Å². The van der Waals surface area contributed by atoms with Crippen LogP contribution in [0.4, 0.5) is 5.69 Å². The highest BCUT2D eigenvalue weighted by atomic mass is 35.5. The van der Waals surface area contributed by atoms with Crippen molar-refractivity contribution >= 4 is 57.1 Å². The van der Waals surface area contributed by atoms with Crippen molar-refractivity contribution in [2.24, 2.45) is 4.99 Å². The molecule has 0 radical (unpaired) electrons. The second-order valence-corrected chi connectivity index (χ2v) is 8.79. The number of benzene rings is 4. The van der Waals surface area contributed by atoms with Gasteiger partial charge in [-0.1, -0.05) is 60.1 Å². The average Bonchev–Trinajstić information content (AvgIpc) is 2.87. The van der Waals surface area contributed by atoms with Crippen LogP contribution < -0.4 is 9.47 Å². The van der Waals surface area contributed by atoms with E-state index in [-0.39, 0.29) is 5.78 Å². The number of rotatable bonds is 4. The van der Waals surface area contributed by atoms with E-state index in [2.05, 4.69) is 0 Å². The maximum Gasteiger partial charge on any atom is 0.308 e. The maximum atomic E-state index is 13.7. The van der Waals surface area contributed by atoms with E-state index in [0.717, 1.165) is 5.39 Å². The van der Waals surface area contributed by atoms with Crippen LogP contribution in [0.5, 0.6) is 11.5 Å². The number of Topliss-reactive ketones (excluding diaryl/α,β-unsaturated/α-hetero) is 1. The van der Waals surface area contributed by atoms with Gasteiger partial charge in [-0.2, -0.15) is 0 Å². The first-order chi connectivity index (χ1) is 17.8. The molecule has 5 rings (SSSR count). The van der Waals surface area contributed by atoms with Crippen LogP contribution in [0, 0.1) is 0 Å². The normalized spacial score (nSPS) is 13.8. The Kier molecular flexibility index (Phi) is 6.42. The Morgan fingerprint density at radius 2 is 1.43 bits per heavy atom. The Labute approximate surface area is 217 Å². The molecule has 0 aromatic heterocycles. The van der Waals surface area contributed by atoms with Gasteiger partial charge < -0.3 is 9.47 Å². The second kappa shape index (κ2) is 9.84. The Bertz CT molecular complexity index is 1670. The van der Waals surface area contributed by atoms with Crippen LogP contribution in [0.3, 0.4) is 0 Å². The zero-order valence-corrected chi connectivity index (χ0v) is 20.7. The third-order valence-electron chi connectivity index (χ3n) is 5.82. The van der Waals surface area contributed by atoms with Crippen LogP contribution in [0.2, 0.25) is 5.02 Å². The second-order valence-electron chi connectivity index (χ2n) is 8.39. The highest BCUT2D eigenvalue weighted by Gasteiger charge is 2.27. The Morgan fingerprint density at radius 3 is 2.14 bits per heavy atom. The number of carbonyl (C=O) groups is 3. The van der Waals surface area contributed by atoms with Gasteiger partial charge in [-0.05, 0) is 41.3 Å². The van der Waals surface area contributed by atoms with Crippen LogP contribution >= 0.6 is 11.6 Å². The van der Waals surface area contributed by atoms with E-state index in [1.54, 1.807) is 42.5 Å². The standard InChI is InChI=1S/C30H20ClNO5/c1-17(33)36-19-11-13-27(26(31)15-19)32-28-16-25(30(35)24-10-6-4-8-22(24)28)21-12-14-29(37-18(2)34)23-9-5-3-7-20(21)23/h3-16H,1-2H3. The molecule has 6 nitrogen and oxygen atoms in total. The van der Waals surface area contributed by atoms with Gasteiger partial charge >= 0.3 is 11.9 Å². The van der Waals surface area contributed by atoms with Crippen molar-refractivity contribution < 1.29 is 23.9 Å². The number of ketones is 1. The van der Waals surface area contributed by atoms with Crippen LogP contribution in [0.25, 0.3) is 16.3 Å². The van der Waals surface area contributed by atoms with E-state index in [4.69, 9.17) is 26.1 Å². The fourth-order valence-electron chi connectivity index (χ4n) is 4.31. The van der Waals surface area contributed by atoms with E-state index in [1.165, 1.54) is 19.9 Å². The Morgan fingerprint density at radius 1 is 0.757 bits per heavy atom. The van der Waals surface area contributed by atoms with Crippen molar-refractivity contribution in [2.45, 2.75) is 13.8 Å². The maximum absolute atomic E-state index is 13.7. The highest BCUT2D eigenvalue weighted by Crippen LogP contribution is 2.37. The molecule has 0 heterocycles. The number of esters is 2. The molecule has 0 atom stereocenters. The Balaban J connectivity index is 1.68. The van der Waals surface area contributed by atoms with Gasteiger partial charge in [-0.3, -0.25) is 14.4 Å². The molecule has 182 valence electrons. The summed E-state index contributed by atoms with van der Waals surface area (Å²) in [7, 11) is 0. The predicted octanol–water partition coefficient (Wildman–Crippen LogP) is 6.74. The van der Waals surface area contributed by atoms with Gasteiger partial charge in [-0.15, -0.1) is 0 Å². The molecule has 37 heavy (non-hydrogen) atoms. The molecule has 4 aromatic carbocycles. The van der Waals surface area contributed by atoms with E-state index < -0.39 is 11.9 Å². The summed E-state index contributed by atoms with van der Waals surface area (Å²) in [6.45, 7) is 2.66. The van der Waals surface area contributed by atoms with Crippen LogP contribution in [-0.2, 0) is 9.59 Å². The van der Waals surface area contributed by atoms with Gasteiger partial charge in [0.05, 0.1) is 16.4 Å². The minimum Gasteiger partial charge on any atom is -0.427 e. The molecule has 0 fully saturated rings. The summed E-state index contributed by atoms with van der Waals surface area (Å²) in [5.74, 6) is -0.280. The number of ether oxygens (including phenoxy) is 2. The number of aliphatic imine (C=N–C) groups is 1. The highest BCUT2D eigenvalue weighted by molar-refractivity contribution is 6.41. The quantitative estimate of drug-likeness (QED) is 0.224. The van der Waals surface area contributed by atoms with Crippen molar-refractivity contribution in [3.05, 3.63) is 107 Å². The number of fused-ring (bicyclic) bond motifs is 2. The molecule has 0 unspecified atom stereocenters. The summed E-state index contributed by atoms with van der Waals surface area (Å²) in [6.07, 6.45) is 1.74. The molecule has 0 N–H and O–H groups in total. The first kappa shape index (κ1) is 24.2. The summed E-state index contributed by atoms with van der Waals surface area (Å²) in [5, 5.41) is 1.78. The summed E-state index contributed by atoms with van der Waals surface area (Å²) in [4.78, 5) is 41.3. The summed E-state index contributed by atoms with van der Waals surface area (Å²) in [5.41, 5.74) is 3.35. The van der Waals surface area contributed by atoms with Gasteiger partial charge in [0.1, 0.15) is 11.5 Å². The van der Waals surface area contributed by atoms with Gasteiger partial charge in [0.2, 0.25) is 0 Å². The first-order valence-corrected chi connectivity index (χ1v) is 11.8. The molecule has 0 aliphatic heterocycles. The average molecular weight is 510 g/mol. The number of hydrogen-bond donors (Lipinski definition) is 0. The fourth-order valence-corrected chi connectivity index (χ4v) is 4.52. The molecule has 1 aliphatic rings. The summed E-state index contributed by atoms with van der Waals surface area (Å²) < 4.78 is 10.5. The van der Waals surface area contributed by atoms with Gasteiger partial charge in [0.25, 0.3) is 0 Å². The van der Waals surface area contributed by atoms with Gasteiger partial charge in [0, 0.05) is 42.0 Å². The zero-order chi connectivity index (χ0) is 26.1. The fraction of sp³-hybridized carbons (Fsp3) is 0.0667. The van der Waals surface area contributed by atoms with E-state index in [1.807, 2.05) is 36.4 Å². The third-order valence-corrected chi connectivity index (χ3v) is 6.13. The largest absolute Gasteiger partial charge is 0.427 e. The lowest BCUT2D eigenvalue weighted by Gasteiger charge is -2.20. The molecule has 0 saturated carbocycles. The van der Waals surface area contributed by atoms with Gasteiger partial charge in [0.15, 0.2) is 5.78 Å². The van der Waals surface area contributed by atoms with Crippen LogP contribution in [0.1, 0.15) is 35.3 Å². The lowest BCUT2D eigenvalue weighted by molar-refractivity contribution is -0.132. The molecule has 4 aromatic rings. The number of hydrogen-bond acceptors (Lipinski definition) is 6. The van der Waals surface area contributed by atoms with E-state index in [0.29, 0.717) is 55.6 Å². The molecule has 1 aliphatic carbocycles.